The summed E-state index contributed by atoms with van der Waals surface area (Å²) in [6.45, 7) is 8.18. The zero-order chi connectivity index (χ0) is 24.9. The molecule has 10 heteroatoms. The monoisotopic (exact) mass is 524 g/mol. The molecule has 0 radical (unpaired) electrons. The number of benzene rings is 1. The van der Waals surface area contributed by atoms with Crippen molar-refractivity contribution in [2.75, 3.05) is 50.4 Å². The van der Waals surface area contributed by atoms with Crippen LogP contribution in [0.2, 0.25) is 0 Å². The van der Waals surface area contributed by atoms with Gasteiger partial charge in [-0.2, -0.15) is 4.31 Å². The van der Waals surface area contributed by atoms with E-state index in [4.69, 9.17) is 9.97 Å². The van der Waals surface area contributed by atoms with Gasteiger partial charge in [-0.05, 0) is 31.7 Å². The van der Waals surface area contributed by atoms with E-state index in [-0.39, 0.29) is 0 Å². The first-order chi connectivity index (χ1) is 17.4. The molecule has 2 aromatic heterocycles. The van der Waals surface area contributed by atoms with Crippen LogP contribution in [0.1, 0.15) is 40.8 Å². The van der Waals surface area contributed by atoms with Crippen molar-refractivity contribution in [1.29, 1.82) is 0 Å². The van der Waals surface area contributed by atoms with Crippen LogP contribution in [-0.4, -0.2) is 79.3 Å². The molecule has 0 atom stereocenters. The zero-order valence-electron chi connectivity index (χ0n) is 20.9. The molecule has 0 spiro atoms. The summed E-state index contributed by atoms with van der Waals surface area (Å²) in [6.07, 6.45) is 6.89. The Labute approximate surface area is 216 Å². The first-order valence-corrected chi connectivity index (χ1v) is 15.4. The Hall–Kier alpha value is -2.40. The molecule has 0 amide bonds. The highest BCUT2D eigenvalue weighted by Crippen LogP contribution is 2.40. The molecular formula is C26H32N6O2S2. The van der Waals surface area contributed by atoms with Crippen LogP contribution in [-0.2, 0) is 23.1 Å². The summed E-state index contributed by atoms with van der Waals surface area (Å²) in [7, 11) is -3.14. The van der Waals surface area contributed by atoms with Gasteiger partial charge in [0.05, 0.1) is 28.7 Å². The molecule has 6 rings (SSSR count). The molecule has 2 fully saturated rings. The van der Waals surface area contributed by atoms with Crippen molar-refractivity contribution in [2.24, 2.45) is 4.99 Å². The molecule has 0 saturated carbocycles. The van der Waals surface area contributed by atoms with Crippen LogP contribution >= 0.6 is 11.3 Å². The van der Waals surface area contributed by atoms with Gasteiger partial charge in [0.15, 0.2) is 0 Å². The number of piperidine rings is 1. The van der Waals surface area contributed by atoms with Crippen molar-refractivity contribution in [2.45, 2.75) is 39.3 Å². The van der Waals surface area contributed by atoms with Crippen molar-refractivity contribution < 1.29 is 8.42 Å². The van der Waals surface area contributed by atoms with Crippen molar-refractivity contribution >= 4 is 43.7 Å². The quantitative estimate of drug-likeness (QED) is 0.507. The lowest BCUT2D eigenvalue weighted by Crippen LogP contribution is -2.47. The van der Waals surface area contributed by atoms with Crippen LogP contribution in [0.4, 0.5) is 5.95 Å². The maximum absolute atomic E-state index is 12.0. The average Bonchev–Trinajstić information content (AvgIpc) is 3.48. The van der Waals surface area contributed by atoms with Gasteiger partial charge in [-0.1, -0.05) is 18.2 Å². The summed E-state index contributed by atoms with van der Waals surface area (Å²) in [5.41, 5.74) is 6.84. The molecule has 0 aliphatic carbocycles. The second kappa shape index (κ2) is 9.48. The molecule has 0 bridgehead atoms. The number of aromatic nitrogens is 2. The standard InChI is InChI=1S/C26H32N6O2S2/c1-18-22(17-30-11-13-32(14-12-30)36(2,33)34)24-25(35-18)23(20-8-6-7-19-15-27-16-21(19)20)28-26(29-24)31-9-4-3-5-10-31/h6-8,16H,3-5,9-15,17H2,1-2H3. The predicted octanol–water partition coefficient (Wildman–Crippen LogP) is 3.67. The summed E-state index contributed by atoms with van der Waals surface area (Å²) in [5.74, 6) is 0.825. The molecule has 5 heterocycles. The van der Waals surface area contributed by atoms with Gasteiger partial charge in [0.25, 0.3) is 0 Å². The Morgan fingerprint density at radius 3 is 2.53 bits per heavy atom. The predicted molar refractivity (Wildman–Crippen MR) is 147 cm³/mol. The zero-order valence-corrected chi connectivity index (χ0v) is 22.5. The third-order valence-corrected chi connectivity index (χ3v) is 10.0. The fourth-order valence-electron chi connectivity index (χ4n) is 5.51. The molecule has 190 valence electrons. The number of fused-ring (bicyclic) bond motifs is 2. The molecule has 3 aromatic rings. The largest absolute Gasteiger partial charge is 0.341 e. The number of aryl methyl sites for hydroxylation is 1. The molecule has 8 nitrogen and oxygen atoms in total. The second-order valence-electron chi connectivity index (χ2n) is 10.0. The number of rotatable bonds is 5. The number of hydrogen-bond acceptors (Lipinski definition) is 8. The maximum atomic E-state index is 12.0. The third kappa shape index (κ3) is 4.44. The number of sulfonamides is 1. The lowest BCUT2D eigenvalue weighted by molar-refractivity contribution is 0.182. The summed E-state index contributed by atoms with van der Waals surface area (Å²) in [5, 5.41) is 0. The third-order valence-electron chi connectivity index (χ3n) is 7.57. The van der Waals surface area contributed by atoms with Gasteiger partial charge in [-0.3, -0.25) is 9.89 Å². The van der Waals surface area contributed by atoms with Crippen molar-refractivity contribution in [3.05, 3.63) is 39.8 Å². The summed E-state index contributed by atoms with van der Waals surface area (Å²) in [6, 6.07) is 6.42. The minimum Gasteiger partial charge on any atom is -0.341 e. The Morgan fingerprint density at radius 1 is 1.00 bits per heavy atom. The molecular weight excluding hydrogens is 492 g/mol. The van der Waals surface area contributed by atoms with Crippen LogP contribution in [0.25, 0.3) is 21.5 Å². The topological polar surface area (TPSA) is 82.0 Å². The van der Waals surface area contributed by atoms with E-state index in [1.165, 1.54) is 47.1 Å². The number of nitrogens with zero attached hydrogens (tertiary/aromatic N) is 6. The number of anilines is 1. The number of hydrogen-bond donors (Lipinski definition) is 0. The van der Waals surface area contributed by atoms with Crippen molar-refractivity contribution in [3.63, 3.8) is 0 Å². The number of aliphatic imine (C=N–C) groups is 1. The van der Waals surface area contributed by atoms with Gasteiger partial charge >= 0.3 is 0 Å². The molecule has 3 aliphatic heterocycles. The highest BCUT2D eigenvalue weighted by atomic mass is 32.2. The van der Waals surface area contributed by atoms with Gasteiger partial charge < -0.3 is 4.90 Å². The van der Waals surface area contributed by atoms with Crippen LogP contribution in [0, 0.1) is 6.92 Å². The van der Waals surface area contributed by atoms with E-state index in [0.717, 1.165) is 66.7 Å². The minimum atomic E-state index is -3.14. The molecule has 0 N–H and O–H groups in total. The molecule has 36 heavy (non-hydrogen) atoms. The Bertz CT molecular complexity index is 1430. The van der Waals surface area contributed by atoms with E-state index in [0.29, 0.717) is 13.1 Å². The van der Waals surface area contributed by atoms with Gasteiger partial charge in [0.1, 0.15) is 0 Å². The van der Waals surface area contributed by atoms with Crippen molar-refractivity contribution in [1.82, 2.24) is 19.2 Å². The number of thiophene rings is 1. The van der Waals surface area contributed by atoms with E-state index >= 15 is 0 Å². The van der Waals surface area contributed by atoms with E-state index in [2.05, 4.69) is 39.9 Å². The van der Waals surface area contributed by atoms with Gasteiger partial charge in [0, 0.05) is 73.6 Å². The lowest BCUT2D eigenvalue weighted by Gasteiger charge is -2.33. The maximum Gasteiger partial charge on any atom is 0.226 e. The average molecular weight is 525 g/mol. The van der Waals surface area contributed by atoms with Crippen LogP contribution in [0.3, 0.4) is 0 Å². The first-order valence-electron chi connectivity index (χ1n) is 12.7. The Balaban J connectivity index is 1.42. The smallest absolute Gasteiger partial charge is 0.226 e. The van der Waals surface area contributed by atoms with E-state index in [9.17, 15) is 8.42 Å². The van der Waals surface area contributed by atoms with E-state index < -0.39 is 10.0 Å². The molecule has 2 saturated heterocycles. The van der Waals surface area contributed by atoms with E-state index in [1.807, 2.05) is 6.21 Å². The highest BCUT2D eigenvalue weighted by Gasteiger charge is 2.27. The molecule has 3 aliphatic rings. The summed E-state index contributed by atoms with van der Waals surface area (Å²) in [4.78, 5) is 20.8. The summed E-state index contributed by atoms with van der Waals surface area (Å²) < 4.78 is 26.6. The Kier molecular flexibility index (Phi) is 6.31. The van der Waals surface area contributed by atoms with Crippen LogP contribution in [0.5, 0.6) is 0 Å². The SMILES string of the molecule is Cc1sc2c(-c3cccc4c3C=NC4)nc(N3CCCCC3)nc2c1CN1CCN(S(C)(=O)=O)CC1. The fraction of sp³-hybridized carbons (Fsp3) is 0.500. The lowest BCUT2D eigenvalue weighted by atomic mass is 10.00. The van der Waals surface area contributed by atoms with Crippen LogP contribution in [0.15, 0.2) is 23.2 Å². The Morgan fingerprint density at radius 2 is 1.78 bits per heavy atom. The summed E-state index contributed by atoms with van der Waals surface area (Å²) >= 11 is 1.77. The number of piperazine rings is 1. The highest BCUT2D eigenvalue weighted by molar-refractivity contribution is 7.88. The molecule has 1 aromatic carbocycles. The van der Waals surface area contributed by atoms with Gasteiger partial charge in [0.2, 0.25) is 16.0 Å². The van der Waals surface area contributed by atoms with Crippen LogP contribution < -0.4 is 4.90 Å². The van der Waals surface area contributed by atoms with Crippen molar-refractivity contribution in [3.8, 4) is 11.3 Å². The molecule has 0 unspecified atom stereocenters. The minimum absolute atomic E-state index is 0.536. The van der Waals surface area contributed by atoms with E-state index in [1.54, 1.807) is 15.6 Å². The van der Waals surface area contributed by atoms with Gasteiger partial charge in [-0.25, -0.2) is 18.4 Å². The fourth-order valence-corrected chi connectivity index (χ4v) is 7.45. The normalized spacial score (nSPS) is 19.3. The second-order valence-corrected chi connectivity index (χ2v) is 13.2. The van der Waals surface area contributed by atoms with Gasteiger partial charge in [-0.15, -0.1) is 11.3 Å². The first kappa shape index (κ1) is 24.0.